The van der Waals surface area contributed by atoms with Gasteiger partial charge in [0.15, 0.2) is 23.1 Å². The third kappa shape index (κ3) is 6.08. The average Bonchev–Trinajstić information content (AvgIpc) is 3.84. The highest BCUT2D eigenvalue weighted by Gasteiger charge is 2.57. The molecule has 0 radical (unpaired) electrons. The van der Waals surface area contributed by atoms with E-state index < -0.39 is 34.8 Å². The molecule has 4 N–H and O–H groups in total. The molecule has 5 rings (SSSR count). The number of nitrogens with two attached hydrogens (primary N) is 1. The number of anilines is 2. The summed E-state index contributed by atoms with van der Waals surface area (Å²) >= 11 is 0. The number of methoxy groups -OCH3 is 1. The molecule has 13 heteroatoms. The summed E-state index contributed by atoms with van der Waals surface area (Å²) in [5.41, 5.74) is 6.46. The van der Waals surface area contributed by atoms with E-state index in [0.717, 1.165) is 23.1 Å². The molecular weight excluding hydrogens is 578 g/mol. The first-order valence-corrected chi connectivity index (χ1v) is 13.6. The van der Waals surface area contributed by atoms with Crippen LogP contribution < -0.4 is 30.3 Å². The largest absolute Gasteiger partial charge is 0.493 e. The lowest BCUT2D eigenvalue weighted by atomic mass is 10.0. The molecule has 0 bridgehead atoms. The molecule has 0 aliphatic heterocycles. The fourth-order valence-electron chi connectivity index (χ4n) is 4.67. The Morgan fingerprint density at radius 2 is 1.70 bits per heavy atom. The van der Waals surface area contributed by atoms with Crippen molar-refractivity contribution < 1.29 is 42.6 Å². The van der Waals surface area contributed by atoms with Gasteiger partial charge in [0.25, 0.3) is 0 Å². The first-order chi connectivity index (χ1) is 21.2. The van der Waals surface area contributed by atoms with E-state index in [-0.39, 0.29) is 48.7 Å². The van der Waals surface area contributed by atoms with Crippen molar-refractivity contribution in [2.24, 2.45) is 11.1 Å². The van der Waals surface area contributed by atoms with Gasteiger partial charge in [-0.3, -0.25) is 29.5 Å². The number of pyridine rings is 1. The van der Waals surface area contributed by atoms with Crippen LogP contribution in [-0.2, 0) is 14.4 Å². The lowest BCUT2D eigenvalue weighted by Gasteiger charge is -2.26. The molecule has 1 aliphatic carbocycles. The number of aromatic nitrogens is 1. The van der Waals surface area contributed by atoms with Crippen LogP contribution in [0.2, 0.25) is 0 Å². The molecule has 4 aromatic rings. The summed E-state index contributed by atoms with van der Waals surface area (Å²) in [5, 5.41) is 9.11. The summed E-state index contributed by atoms with van der Waals surface area (Å²) in [5.74, 6) is -2.49. The third-order valence-electron chi connectivity index (χ3n) is 7.23. The maximum absolute atomic E-state index is 15.6. The lowest BCUT2D eigenvalue weighted by molar-refractivity contribution is -0.133. The van der Waals surface area contributed by atoms with E-state index >= 15 is 4.39 Å². The second-order valence-corrected chi connectivity index (χ2v) is 10.1. The molecule has 0 spiro atoms. The zero-order chi connectivity index (χ0) is 31.4. The van der Waals surface area contributed by atoms with E-state index in [1.807, 2.05) is 0 Å². The van der Waals surface area contributed by atoms with Gasteiger partial charge in [-0.25, -0.2) is 14.3 Å². The van der Waals surface area contributed by atoms with Crippen LogP contribution in [0.15, 0.2) is 66.9 Å². The summed E-state index contributed by atoms with van der Waals surface area (Å²) in [7, 11) is 1.45. The van der Waals surface area contributed by atoms with Crippen molar-refractivity contribution in [3.8, 4) is 23.0 Å². The minimum atomic E-state index is -1.41. The van der Waals surface area contributed by atoms with Crippen LogP contribution in [0.1, 0.15) is 25.7 Å². The van der Waals surface area contributed by atoms with Crippen molar-refractivity contribution in [1.29, 1.82) is 0 Å². The van der Waals surface area contributed by atoms with Gasteiger partial charge in [-0.1, -0.05) is 0 Å². The monoisotopic (exact) mass is 606 g/mol. The number of nitrogens with zero attached hydrogens (tertiary/aromatic N) is 2. The number of carbonyl (C=O) groups is 3. The number of halogens is 2. The van der Waals surface area contributed by atoms with Gasteiger partial charge in [0.05, 0.1) is 24.9 Å². The standard InChI is InChI=1S/C31H28F2N4O7/c1-42-26-16-21-23(17-27(26)43-14-2-3-28(38)36-41)35-13-10-24(21)44-25-9-8-20(15-22(25)33)37(19-6-4-18(32)5-7-19)30(40)31(11-12-31)29(34)39/h4-10,13,15-17,41H,2-3,11-12,14H2,1H3,(H2,34,39)(H,36,38). The minimum Gasteiger partial charge on any atom is -0.493 e. The van der Waals surface area contributed by atoms with Gasteiger partial charge in [-0.15, -0.1) is 0 Å². The second-order valence-electron chi connectivity index (χ2n) is 10.1. The molecular formula is C31H28F2N4O7. The van der Waals surface area contributed by atoms with Crippen LogP contribution in [0, 0.1) is 17.0 Å². The average molecular weight is 607 g/mol. The molecule has 0 unspecified atom stereocenters. The normalized spacial score (nSPS) is 13.2. The first-order valence-electron chi connectivity index (χ1n) is 13.6. The van der Waals surface area contributed by atoms with Crippen LogP contribution in [0.4, 0.5) is 20.2 Å². The highest BCUT2D eigenvalue weighted by Crippen LogP contribution is 2.49. The van der Waals surface area contributed by atoms with Crippen LogP contribution >= 0.6 is 0 Å². The van der Waals surface area contributed by atoms with Gasteiger partial charge in [0.1, 0.15) is 17.0 Å². The summed E-state index contributed by atoms with van der Waals surface area (Å²) in [6.07, 6.45) is 2.39. The Balaban J connectivity index is 1.42. The SMILES string of the molecule is COc1cc2c(Oc3ccc(N(C(=O)C4(C(N)=O)CC4)c4ccc(F)cc4)cc3F)ccnc2cc1OCCCC(=O)NO. The Morgan fingerprint density at radius 1 is 0.977 bits per heavy atom. The van der Waals surface area contributed by atoms with Crippen LogP contribution in [0.5, 0.6) is 23.0 Å². The van der Waals surface area contributed by atoms with E-state index in [1.54, 1.807) is 23.7 Å². The number of hydroxylamine groups is 1. The molecule has 3 amide bonds. The summed E-state index contributed by atoms with van der Waals surface area (Å²) in [6.45, 7) is 0.168. The van der Waals surface area contributed by atoms with Gasteiger partial charge in [0.2, 0.25) is 17.7 Å². The molecule has 0 saturated heterocycles. The number of nitrogens with one attached hydrogen (secondary N) is 1. The summed E-state index contributed by atoms with van der Waals surface area (Å²) < 4.78 is 46.3. The number of hydrogen-bond acceptors (Lipinski definition) is 8. The zero-order valence-corrected chi connectivity index (χ0v) is 23.5. The number of fused-ring (bicyclic) bond motifs is 1. The Hall–Kier alpha value is -5.30. The van der Waals surface area contributed by atoms with Gasteiger partial charge in [-0.2, -0.15) is 0 Å². The molecule has 44 heavy (non-hydrogen) atoms. The highest BCUT2D eigenvalue weighted by molar-refractivity contribution is 6.16. The predicted molar refractivity (Wildman–Crippen MR) is 154 cm³/mol. The van der Waals surface area contributed by atoms with Crippen molar-refractivity contribution in [3.05, 3.63) is 78.5 Å². The van der Waals surface area contributed by atoms with Crippen molar-refractivity contribution in [2.45, 2.75) is 25.7 Å². The minimum absolute atomic E-state index is 0.0643. The van der Waals surface area contributed by atoms with Crippen molar-refractivity contribution >= 4 is 40.0 Å². The van der Waals surface area contributed by atoms with E-state index in [9.17, 15) is 18.8 Å². The quantitative estimate of drug-likeness (QED) is 0.0890. The van der Waals surface area contributed by atoms with E-state index in [2.05, 4.69) is 4.98 Å². The van der Waals surface area contributed by atoms with Crippen molar-refractivity contribution in [3.63, 3.8) is 0 Å². The molecule has 228 valence electrons. The third-order valence-corrected chi connectivity index (χ3v) is 7.23. The van der Waals surface area contributed by atoms with Crippen molar-refractivity contribution in [1.82, 2.24) is 10.5 Å². The molecule has 1 heterocycles. The number of ether oxygens (including phenoxy) is 3. The number of hydrogen-bond donors (Lipinski definition) is 3. The van der Waals surface area contributed by atoms with E-state index in [0.29, 0.717) is 28.8 Å². The molecule has 0 atom stereocenters. The Labute approximate surface area is 250 Å². The second kappa shape index (κ2) is 12.5. The Kier molecular flexibility index (Phi) is 8.58. The fourth-order valence-corrected chi connectivity index (χ4v) is 4.67. The molecule has 1 aromatic heterocycles. The summed E-state index contributed by atoms with van der Waals surface area (Å²) in [6, 6.07) is 13.7. The highest BCUT2D eigenvalue weighted by atomic mass is 19.1. The zero-order valence-electron chi connectivity index (χ0n) is 23.5. The predicted octanol–water partition coefficient (Wildman–Crippen LogP) is 4.91. The van der Waals surface area contributed by atoms with Crippen LogP contribution in [0.3, 0.4) is 0 Å². The molecule has 1 aliphatic rings. The lowest BCUT2D eigenvalue weighted by Crippen LogP contribution is -2.41. The van der Waals surface area contributed by atoms with Gasteiger partial charge in [-0.05, 0) is 67.8 Å². The van der Waals surface area contributed by atoms with Gasteiger partial charge < -0.3 is 19.9 Å². The van der Waals surface area contributed by atoms with Crippen molar-refractivity contribution in [2.75, 3.05) is 18.6 Å². The number of benzene rings is 3. The maximum atomic E-state index is 15.6. The first kappa shape index (κ1) is 30.2. The van der Waals surface area contributed by atoms with E-state index in [1.165, 1.54) is 37.6 Å². The van der Waals surface area contributed by atoms with Crippen LogP contribution in [0.25, 0.3) is 10.9 Å². The molecule has 11 nitrogen and oxygen atoms in total. The molecule has 1 saturated carbocycles. The topological polar surface area (TPSA) is 153 Å². The van der Waals surface area contributed by atoms with E-state index in [4.69, 9.17) is 25.2 Å². The Morgan fingerprint density at radius 3 is 2.34 bits per heavy atom. The Bertz CT molecular complexity index is 1730. The summed E-state index contributed by atoms with van der Waals surface area (Å²) in [4.78, 5) is 42.3. The number of rotatable bonds is 12. The molecule has 3 aromatic carbocycles. The number of carbonyl (C=O) groups excluding carboxylic acids is 3. The number of primary amides is 1. The fraction of sp³-hybridized carbons (Fsp3) is 0.226. The molecule has 1 fully saturated rings. The van der Waals surface area contributed by atoms with Gasteiger partial charge in [0, 0.05) is 35.8 Å². The maximum Gasteiger partial charge on any atom is 0.247 e. The van der Waals surface area contributed by atoms with Gasteiger partial charge >= 0.3 is 0 Å². The smallest absolute Gasteiger partial charge is 0.247 e. The number of amides is 3. The van der Waals surface area contributed by atoms with Crippen LogP contribution in [-0.4, -0.2) is 41.6 Å².